The second-order valence-electron chi connectivity index (χ2n) is 8.13. The van der Waals surface area contributed by atoms with E-state index in [0.717, 1.165) is 22.6 Å². The van der Waals surface area contributed by atoms with Crippen molar-refractivity contribution in [1.29, 1.82) is 0 Å². The molecule has 190 valence electrons. The summed E-state index contributed by atoms with van der Waals surface area (Å²) in [6.45, 7) is 3.93. The number of nitro benzene ring substituents is 1. The number of ether oxygens (including phenoxy) is 2. The van der Waals surface area contributed by atoms with E-state index in [1.165, 1.54) is 23.9 Å². The van der Waals surface area contributed by atoms with Gasteiger partial charge in [-0.15, -0.1) is 10.2 Å². The van der Waals surface area contributed by atoms with Gasteiger partial charge in [-0.2, -0.15) is 0 Å². The highest BCUT2D eigenvalue weighted by Crippen LogP contribution is 2.26. The van der Waals surface area contributed by atoms with Gasteiger partial charge < -0.3 is 14.8 Å². The predicted octanol–water partition coefficient (Wildman–Crippen LogP) is 5.11. The molecular weight excluding hydrogens is 494 g/mol. The molecular formula is C26H25N5O5S. The van der Waals surface area contributed by atoms with Gasteiger partial charge in [-0.1, -0.05) is 35.5 Å². The Morgan fingerprint density at radius 3 is 2.41 bits per heavy atom. The predicted molar refractivity (Wildman–Crippen MR) is 141 cm³/mol. The van der Waals surface area contributed by atoms with E-state index in [1.807, 2.05) is 47.9 Å². The molecule has 0 aliphatic heterocycles. The summed E-state index contributed by atoms with van der Waals surface area (Å²) in [4.78, 5) is 23.3. The van der Waals surface area contributed by atoms with Gasteiger partial charge in [0.1, 0.15) is 18.1 Å². The minimum Gasteiger partial charge on any atom is -0.497 e. The highest BCUT2D eigenvalue weighted by atomic mass is 32.2. The summed E-state index contributed by atoms with van der Waals surface area (Å²) in [5, 5.41) is 23.0. The molecule has 37 heavy (non-hydrogen) atoms. The molecule has 3 aromatic carbocycles. The first-order valence-corrected chi connectivity index (χ1v) is 12.3. The van der Waals surface area contributed by atoms with E-state index < -0.39 is 4.92 Å². The number of nitrogens with one attached hydrogen (secondary N) is 1. The summed E-state index contributed by atoms with van der Waals surface area (Å²) in [5.41, 5.74) is 2.97. The van der Waals surface area contributed by atoms with Crippen molar-refractivity contribution in [3.8, 4) is 17.2 Å². The molecule has 0 fully saturated rings. The molecule has 0 spiro atoms. The molecule has 1 aromatic heterocycles. The zero-order chi connectivity index (χ0) is 26.4. The molecule has 11 heteroatoms. The van der Waals surface area contributed by atoms with Crippen molar-refractivity contribution >= 4 is 29.0 Å². The van der Waals surface area contributed by atoms with Gasteiger partial charge in [-0.25, -0.2) is 0 Å². The summed E-state index contributed by atoms with van der Waals surface area (Å²) in [6, 6.07) is 19.4. The Balaban J connectivity index is 1.50. The van der Waals surface area contributed by atoms with Crippen molar-refractivity contribution < 1.29 is 19.2 Å². The lowest BCUT2D eigenvalue weighted by Crippen LogP contribution is -2.15. The smallest absolute Gasteiger partial charge is 0.271 e. The van der Waals surface area contributed by atoms with Crippen LogP contribution in [-0.4, -0.2) is 38.5 Å². The number of thioether (sulfide) groups is 1. The van der Waals surface area contributed by atoms with Crippen molar-refractivity contribution in [1.82, 2.24) is 14.8 Å². The van der Waals surface area contributed by atoms with Gasteiger partial charge in [-0.3, -0.25) is 19.5 Å². The number of aromatic nitrogens is 3. The van der Waals surface area contributed by atoms with Gasteiger partial charge in [0.2, 0.25) is 5.91 Å². The molecule has 0 aliphatic carbocycles. The molecule has 4 rings (SSSR count). The van der Waals surface area contributed by atoms with E-state index >= 15 is 0 Å². The van der Waals surface area contributed by atoms with Crippen molar-refractivity contribution in [2.45, 2.75) is 25.6 Å². The zero-order valence-corrected chi connectivity index (χ0v) is 21.3. The van der Waals surface area contributed by atoms with Crippen LogP contribution in [0.1, 0.15) is 17.0 Å². The van der Waals surface area contributed by atoms with Crippen LogP contribution in [0.15, 0.2) is 71.9 Å². The molecule has 1 N–H and O–H groups in total. The third-order valence-corrected chi connectivity index (χ3v) is 6.39. The molecule has 0 saturated carbocycles. The van der Waals surface area contributed by atoms with E-state index in [1.54, 1.807) is 32.2 Å². The number of carbonyl (C=O) groups excluding carboxylic acids is 1. The molecule has 0 atom stereocenters. The number of nitrogens with zero attached hydrogens (tertiary/aromatic N) is 4. The first kappa shape index (κ1) is 25.7. The Morgan fingerprint density at radius 1 is 1.03 bits per heavy atom. The van der Waals surface area contributed by atoms with Gasteiger partial charge in [0.25, 0.3) is 5.69 Å². The second-order valence-corrected chi connectivity index (χ2v) is 9.07. The van der Waals surface area contributed by atoms with Crippen LogP contribution in [0.3, 0.4) is 0 Å². The number of carbonyl (C=O) groups is 1. The monoisotopic (exact) mass is 519 g/mol. The standard InChI is InChI=1S/C26H25N5O5S/c1-17-4-7-19(8-5-17)30-24(15-36-22-12-10-21(35-3)11-13-22)28-29-26(30)37-16-25(32)27-23-14-20(31(33)34)9-6-18(23)2/h4-14H,15-16H2,1-3H3,(H,27,32). The number of hydrogen-bond donors (Lipinski definition) is 1. The molecule has 0 bridgehead atoms. The highest BCUT2D eigenvalue weighted by Gasteiger charge is 2.18. The fourth-order valence-corrected chi connectivity index (χ4v) is 4.21. The van der Waals surface area contributed by atoms with Crippen LogP contribution in [0.25, 0.3) is 5.69 Å². The van der Waals surface area contributed by atoms with E-state index in [2.05, 4.69) is 15.5 Å². The quantitative estimate of drug-likeness (QED) is 0.174. The van der Waals surface area contributed by atoms with Gasteiger partial charge in [0.05, 0.1) is 23.5 Å². The molecule has 10 nitrogen and oxygen atoms in total. The van der Waals surface area contributed by atoms with Gasteiger partial charge in [-0.05, 0) is 55.8 Å². The molecule has 0 radical (unpaired) electrons. The van der Waals surface area contributed by atoms with Crippen molar-refractivity contribution in [2.24, 2.45) is 0 Å². The summed E-state index contributed by atoms with van der Waals surface area (Å²) in [5.74, 6) is 1.67. The minimum atomic E-state index is -0.497. The SMILES string of the molecule is COc1ccc(OCc2nnc(SCC(=O)Nc3cc([N+](=O)[O-])ccc3C)n2-c2ccc(C)cc2)cc1. The summed E-state index contributed by atoms with van der Waals surface area (Å²) in [6.07, 6.45) is 0. The van der Waals surface area contributed by atoms with E-state index in [9.17, 15) is 14.9 Å². The first-order chi connectivity index (χ1) is 17.8. The average molecular weight is 520 g/mol. The maximum atomic E-state index is 12.7. The van der Waals surface area contributed by atoms with Crippen LogP contribution < -0.4 is 14.8 Å². The average Bonchev–Trinajstić information content (AvgIpc) is 3.31. The highest BCUT2D eigenvalue weighted by molar-refractivity contribution is 7.99. The van der Waals surface area contributed by atoms with Gasteiger partial charge >= 0.3 is 0 Å². The number of nitro groups is 1. The maximum Gasteiger partial charge on any atom is 0.271 e. The van der Waals surface area contributed by atoms with E-state index in [4.69, 9.17) is 9.47 Å². The second kappa shape index (κ2) is 11.6. The summed E-state index contributed by atoms with van der Waals surface area (Å²) in [7, 11) is 1.60. The Kier molecular flexibility index (Phi) is 8.04. The van der Waals surface area contributed by atoms with Crippen LogP contribution in [-0.2, 0) is 11.4 Å². The molecule has 0 aliphatic rings. The van der Waals surface area contributed by atoms with Crippen LogP contribution in [0.2, 0.25) is 0 Å². The third kappa shape index (κ3) is 6.44. The van der Waals surface area contributed by atoms with E-state index in [-0.39, 0.29) is 24.0 Å². The Bertz CT molecular complexity index is 1400. The molecule has 0 saturated heterocycles. The maximum absolute atomic E-state index is 12.7. The molecule has 4 aromatic rings. The Labute approximate surface area is 217 Å². The normalized spacial score (nSPS) is 10.7. The Hall–Kier alpha value is -4.38. The van der Waals surface area contributed by atoms with Crippen LogP contribution in [0.5, 0.6) is 11.5 Å². The molecule has 1 amide bonds. The fraction of sp³-hybridized carbons (Fsp3) is 0.192. The Morgan fingerprint density at radius 2 is 1.73 bits per heavy atom. The van der Waals surface area contributed by atoms with Crippen molar-refractivity contribution in [3.63, 3.8) is 0 Å². The lowest BCUT2D eigenvalue weighted by molar-refractivity contribution is -0.384. The van der Waals surface area contributed by atoms with Crippen LogP contribution in [0, 0.1) is 24.0 Å². The largest absolute Gasteiger partial charge is 0.497 e. The number of non-ortho nitro benzene ring substituents is 1. The van der Waals surface area contributed by atoms with E-state index in [0.29, 0.717) is 22.4 Å². The summed E-state index contributed by atoms with van der Waals surface area (Å²) >= 11 is 1.21. The number of aryl methyl sites for hydroxylation is 2. The van der Waals surface area contributed by atoms with Gasteiger partial charge in [0.15, 0.2) is 11.0 Å². The number of rotatable bonds is 10. The lowest BCUT2D eigenvalue weighted by atomic mass is 10.2. The number of hydrogen-bond acceptors (Lipinski definition) is 8. The van der Waals surface area contributed by atoms with Crippen molar-refractivity contribution in [3.05, 3.63) is 93.8 Å². The number of amides is 1. The number of anilines is 1. The summed E-state index contributed by atoms with van der Waals surface area (Å²) < 4.78 is 12.9. The molecule has 0 unspecified atom stereocenters. The third-order valence-electron chi connectivity index (χ3n) is 5.46. The zero-order valence-electron chi connectivity index (χ0n) is 20.5. The lowest BCUT2D eigenvalue weighted by Gasteiger charge is -2.12. The first-order valence-electron chi connectivity index (χ1n) is 11.3. The minimum absolute atomic E-state index is 0.0332. The van der Waals surface area contributed by atoms with Gasteiger partial charge in [0, 0.05) is 17.8 Å². The van der Waals surface area contributed by atoms with Crippen LogP contribution in [0.4, 0.5) is 11.4 Å². The van der Waals surface area contributed by atoms with Crippen molar-refractivity contribution in [2.75, 3.05) is 18.2 Å². The molecule has 1 heterocycles. The number of benzene rings is 3. The van der Waals surface area contributed by atoms with Crippen LogP contribution >= 0.6 is 11.8 Å². The fourth-order valence-electron chi connectivity index (χ4n) is 3.43. The number of methoxy groups -OCH3 is 1. The topological polar surface area (TPSA) is 121 Å².